The van der Waals surface area contributed by atoms with Crippen LogP contribution in [-0.4, -0.2) is 364 Å². The zero-order valence-corrected chi connectivity index (χ0v) is 87.1. The molecule has 0 aliphatic carbocycles. The number of aliphatic carboxylic acids is 2. The molecule has 12 N–H and O–H groups in total. The molecule has 7 fully saturated rings. The van der Waals surface area contributed by atoms with E-state index in [9.17, 15) is 118 Å². The van der Waals surface area contributed by atoms with E-state index < -0.39 is 102 Å². The van der Waals surface area contributed by atoms with Crippen LogP contribution in [-0.2, 0) is 90.9 Å². The number of hydrogen-bond donors (Lipinski definition) is 12. The summed E-state index contributed by atoms with van der Waals surface area (Å²) in [6.45, 7) is 54.6. The van der Waals surface area contributed by atoms with Crippen LogP contribution in [0.4, 0.5) is 0 Å². The summed E-state index contributed by atoms with van der Waals surface area (Å²) in [6.07, 6.45) is -0.910. The van der Waals surface area contributed by atoms with Gasteiger partial charge in [0.25, 0.3) is 0 Å². The monoisotopic (exact) mass is 1940 g/mol. The lowest BCUT2D eigenvalue weighted by Gasteiger charge is -2.31. The Morgan fingerprint density at radius 3 is 1.01 bits per heavy atom. The van der Waals surface area contributed by atoms with Crippen molar-refractivity contribution in [1.82, 2.24) is 40.0 Å². The Morgan fingerprint density at radius 1 is 0.353 bits per heavy atom. The number of hydrogen-bond acceptors (Lipinski definition) is 29. The summed E-state index contributed by atoms with van der Waals surface area (Å²) in [5, 5.41) is 100. The van der Waals surface area contributed by atoms with Gasteiger partial charge in [-0.1, -0.05) is 166 Å². The maximum absolute atomic E-state index is 12.7. The molecule has 136 heavy (non-hydrogen) atoms. The summed E-state index contributed by atoms with van der Waals surface area (Å²) >= 11 is 0. The third-order valence-electron chi connectivity index (χ3n) is 22.7. The summed E-state index contributed by atoms with van der Waals surface area (Å²) in [6, 6.07) is -4.21. The first-order valence-corrected chi connectivity index (χ1v) is 47.8. The molecule has 0 radical (unpaired) electrons. The van der Waals surface area contributed by atoms with E-state index in [1.807, 2.05) is 125 Å². The second-order valence-electron chi connectivity index (χ2n) is 46.8. The van der Waals surface area contributed by atoms with Crippen molar-refractivity contribution in [3.63, 3.8) is 0 Å². The zero-order valence-electron chi connectivity index (χ0n) is 87.1. The van der Waals surface area contributed by atoms with Gasteiger partial charge in [-0.2, -0.15) is 0 Å². The molecular weight excluding hydrogens is 1770 g/mol. The number of ether oxygens (including phenoxy) is 3. The van der Waals surface area contributed by atoms with Crippen molar-refractivity contribution < 1.29 is 142 Å². The maximum Gasteiger partial charge on any atom is 0.303 e. The third-order valence-corrected chi connectivity index (χ3v) is 22.7. The molecule has 16 atom stereocenters. The molecule has 7 saturated heterocycles. The fourth-order valence-corrected chi connectivity index (χ4v) is 16.7. The molecule has 0 aromatic carbocycles. The number of likely N-dealkylation sites (tertiary alicyclic amines) is 6. The number of aliphatic hydroxyl groups excluding tert-OH is 8. The molecule has 784 valence electrons. The average molecular weight is 1940 g/mol. The van der Waals surface area contributed by atoms with Crippen LogP contribution in [0.5, 0.6) is 0 Å². The smallest absolute Gasteiger partial charge is 0.303 e. The van der Waals surface area contributed by atoms with Gasteiger partial charge < -0.3 is 105 Å². The summed E-state index contributed by atoms with van der Waals surface area (Å²) in [7, 11) is 1.60. The number of Topliss-reactive ketones (excluding diaryl/α,β-unsaturated/α-hetero) is 8. The van der Waals surface area contributed by atoms with E-state index in [1.54, 1.807) is 7.11 Å². The van der Waals surface area contributed by atoms with Crippen molar-refractivity contribution in [1.29, 1.82) is 0 Å². The molecule has 37 nitrogen and oxygen atoms in total. The molecule has 37 heteroatoms. The lowest BCUT2D eigenvalue weighted by molar-refractivity contribution is -0.142. The SMILES string of the molecule is CC(=O)N1C[C@H](O)C(O)[C@H]1C(=O)CC(C)(C)C.CC(=O)N1C[C@H](O)C[C@H]1C(=O)CC(C)(C)C.CC(=O)N1C[C@H](O)C[C@H]1C(=O)CNC(CC(C)(C)C)C(=O)C(C)(C)C.CC(C)(C)CC(=O)[C@@H]1C[C@@H](O)CN1.CC(C)(C)CC(=O)[C@@H]1C[C@@H](O)CN1C(=O)CCC(=O)O.CC(C)(C)CC(=O)[C@@H]1C[C@@H](O)CN1C(=O)CCCC(=O)O.COCCOCCOCC(=O)N1C[C@H](O)C[C@H]1C(=O)CC(C)(C)C. The number of β-amino-alcohol motifs (C(OH)–C–C–N with tert-alkyl or cyclic N) is 7. The van der Waals surface area contributed by atoms with Gasteiger partial charge >= 0.3 is 11.9 Å². The van der Waals surface area contributed by atoms with Gasteiger partial charge in [0, 0.05) is 162 Å². The summed E-state index contributed by atoms with van der Waals surface area (Å²) in [5.41, 5.74) is -1.28. The number of methoxy groups -OCH3 is 1. The molecule has 7 rings (SSSR count). The van der Waals surface area contributed by atoms with Crippen LogP contribution in [0.2, 0.25) is 0 Å². The number of carboxylic acid groups (broad SMARTS) is 2. The van der Waals surface area contributed by atoms with Crippen molar-refractivity contribution in [3.05, 3.63) is 0 Å². The van der Waals surface area contributed by atoms with Gasteiger partial charge in [0.2, 0.25) is 35.4 Å². The number of rotatable bonds is 33. The number of ketones is 8. The molecule has 7 aliphatic rings. The first-order valence-electron chi connectivity index (χ1n) is 47.8. The van der Waals surface area contributed by atoms with Gasteiger partial charge in [-0.25, -0.2) is 0 Å². The molecule has 6 amide bonds. The Bertz CT molecular complexity index is 3910. The topological polar surface area (TPSA) is 547 Å². The highest BCUT2D eigenvalue weighted by Gasteiger charge is 2.48. The molecule has 2 unspecified atom stereocenters. The normalized spacial score (nSPS) is 24.3. The van der Waals surface area contributed by atoms with Crippen molar-refractivity contribution in [2.45, 2.75) is 400 Å². The Balaban J connectivity index is 0.000000800. The Morgan fingerprint density at radius 2 is 0.676 bits per heavy atom. The lowest BCUT2D eigenvalue weighted by atomic mass is 9.79. The van der Waals surface area contributed by atoms with Crippen molar-refractivity contribution in [2.75, 3.05) is 92.5 Å². The average Bonchev–Trinajstić information content (AvgIpc) is 1.65. The van der Waals surface area contributed by atoms with Crippen LogP contribution >= 0.6 is 0 Å². The summed E-state index contributed by atoms with van der Waals surface area (Å²) in [5.74, 6) is -3.65. The largest absolute Gasteiger partial charge is 0.481 e. The minimum atomic E-state index is -1.17. The standard InChI is InChI=1S/C19H34N2O4.C17H31NO6.C15H25NO5.C14H23NO5.C12H21NO4.C12H21NO3.C10H19NO2/c1-12(22)21-11-13(23)8-15(21)16(24)10-20-14(9-18(2,3)4)17(25)19(5,6)7;1-17(2,3)10-15(20)14-9-13(19)11-18(14)16(21)12-24-8-7-23-6-5-22-4;1-15(2,3)8-12(18)11-7-10(17)9-16(11)13(19)5-4-6-14(20)21;1-14(2,3)7-11(17)10-6-9(16)8-15(10)12(18)4-5-13(19)20;1-7(14)13-6-9(16)11(17)10(13)8(15)5-12(2,3)4;1-8(14)13-7-9(15)5-10(13)11(16)6-12(2,3)4;1-10(2,3)5-9(13)8-4-7(12)6-11-8/h13-15,20,23H,8-11H2,1-7H3;13-14,19H,5-12H2,1-4H3;10-11,17H,4-9H2,1-3H3,(H,20,21);9-10,16H,4-8H2,1-3H3,(H,19,20);9-11,16-17H,5-6H2,1-4H3;9-10,15H,5-7H2,1-4H3;7-8,11-12H,4-6H2,1-3H3/t13-,14?,15+;13-,14+;10-,11+;9-,10+;9-,10+,11?;9-,10+;7-,8+/m1111011/s1. The molecule has 0 saturated carbocycles. The number of amides is 6. The van der Waals surface area contributed by atoms with E-state index in [0.29, 0.717) is 90.8 Å². The highest BCUT2D eigenvalue weighted by Crippen LogP contribution is 2.34. The van der Waals surface area contributed by atoms with E-state index in [4.69, 9.17) is 24.4 Å². The van der Waals surface area contributed by atoms with E-state index in [2.05, 4.69) is 52.2 Å². The summed E-state index contributed by atoms with van der Waals surface area (Å²) < 4.78 is 15.4. The van der Waals surface area contributed by atoms with Crippen LogP contribution in [0.3, 0.4) is 0 Å². The van der Waals surface area contributed by atoms with Crippen LogP contribution in [0, 0.1) is 43.3 Å². The van der Waals surface area contributed by atoms with Gasteiger partial charge in [0.1, 0.15) is 24.5 Å². The van der Waals surface area contributed by atoms with Crippen molar-refractivity contribution in [2.24, 2.45) is 43.3 Å². The third kappa shape index (κ3) is 50.1. The van der Waals surface area contributed by atoms with Crippen molar-refractivity contribution >= 4 is 93.6 Å². The minimum Gasteiger partial charge on any atom is -0.481 e. The first-order chi connectivity index (χ1) is 61.9. The van der Waals surface area contributed by atoms with Crippen molar-refractivity contribution in [3.8, 4) is 0 Å². The molecule has 0 bridgehead atoms. The van der Waals surface area contributed by atoms with Gasteiger partial charge in [-0.05, 0) is 57.2 Å². The van der Waals surface area contributed by atoms with E-state index in [-0.39, 0.29) is 242 Å². The number of nitrogens with one attached hydrogen (secondary N) is 2. The first kappa shape index (κ1) is 127. The molecule has 7 heterocycles. The van der Waals surface area contributed by atoms with E-state index in [1.165, 1.54) is 50.2 Å². The molecule has 0 aromatic heterocycles. The number of nitrogens with zero attached hydrogens (tertiary/aromatic N) is 6. The van der Waals surface area contributed by atoms with Crippen LogP contribution in [0.25, 0.3) is 0 Å². The molecular formula is C99H174N8O29. The maximum atomic E-state index is 12.7. The highest BCUT2D eigenvalue weighted by molar-refractivity contribution is 5.95. The van der Waals surface area contributed by atoms with Crippen LogP contribution in [0.15, 0.2) is 0 Å². The number of carboxylic acids is 2. The lowest BCUT2D eigenvalue weighted by Crippen LogP contribution is -2.49. The molecule has 0 spiro atoms. The van der Waals surface area contributed by atoms with Gasteiger partial charge in [0.05, 0.1) is 131 Å². The Kier molecular flexibility index (Phi) is 52.4. The summed E-state index contributed by atoms with van der Waals surface area (Å²) in [4.78, 5) is 198. The van der Waals surface area contributed by atoms with Crippen LogP contribution in [0.1, 0.15) is 303 Å². The zero-order chi connectivity index (χ0) is 105. The molecule has 0 aromatic rings. The molecule has 7 aliphatic heterocycles. The second kappa shape index (κ2) is 56.3. The minimum absolute atomic E-state index is 0.00435. The van der Waals surface area contributed by atoms with Gasteiger partial charge in [0.15, 0.2) is 40.5 Å². The second-order valence-corrected chi connectivity index (χ2v) is 46.8. The number of aliphatic hydroxyl groups is 8. The predicted octanol–water partition coefficient (Wildman–Crippen LogP) is 5.84. The Labute approximate surface area is 807 Å². The highest BCUT2D eigenvalue weighted by atomic mass is 16.5. The quantitative estimate of drug-likeness (QED) is 0.0343. The number of carbonyl (C=O) groups excluding carboxylic acids is 14. The van der Waals surface area contributed by atoms with E-state index >= 15 is 0 Å². The van der Waals surface area contributed by atoms with Crippen LogP contribution < -0.4 is 10.6 Å². The fraction of sp³-hybridized carbons (Fsp3) is 0.838. The van der Waals surface area contributed by atoms with Gasteiger partial charge in [-0.3, -0.25) is 76.7 Å². The predicted molar refractivity (Wildman–Crippen MR) is 509 cm³/mol. The fourth-order valence-electron chi connectivity index (χ4n) is 16.7. The Hall–Kier alpha value is -7.40. The van der Waals surface area contributed by atoms with Gasteiger partial charge in [-0.15, -0.1) is 0 Å². The van der Waals surface area contributed by atoms with E-state index in [0.717, 1.165) is 0 Å². The number of carbonyl (C=O) groups is 16.